The second-order valence-electron chi connectivity index (χ2n) is 5.54. The average molecular weight is 315 g/mol. The molecule has 0 aliphatic carbocycles. The fraction of sp³-hybridized carbons (Fsp3) is 0.333. The van der Waals surface area contributed by atoms with Crippen LogP contribution in [0.4, 0.5) is 0 Å². The second kappa shape index (κ2) is 7.74. The summed E-state index contributed by atoms with van der Waals surface area (Å²) in [6, 6.07) is 8.31. The van der Waals surface area contributed by atoms with Crippen molar-refractivity contribution in [2.24, 2.45) is 0 Å². The number of hydrogen-bond acceptors (Lipinski definition) is 4. The van der Waals surface area contributed by atoms with Crippen LogP contribution >= 0.6 is 0 Å². The Balaban J connectivity index is 1.88. The second-order valence-corrected chi connectivity index (χ2v) is 5.54. The summed E-state index contributed by atoms with van der Waals surface area (Å²) in [5.41, 5.74) is 2.80. The number of Topliss-reactive ketones (excluding diaryl/α,β-unsaturated/α-hetero) is 1. The Kier molecular flexibility index (Phi) is 5.71. The Labute approximate surface area is 135 Å². The molecule has 2 N–H and O–H groups in total. The first kappa shape index (κ1) is 17.0. The number of ketones is 1. The quantitative estimate of drug-likeness (QED) is 0.770. The number of nitrogens with one attached hydrogen (secondary N) is 1. The highest BCUT2D eigenvalue weighted by Crippen LogP contribution is 2.14. The zero-order valence-electron chi connectivity index (χ0n) is 13.3. The summed E-state index contributed by atoms with van der Waals surface area (Å²) in [5, 5.41) is 12.0. The van der Waals surface area contributed by atoms with Crippen molar-refractivity contribution < 1.29 is 19.1 Å². The van der Waals surface area contributed by atoms with E-state index in [4.69, 9.17) is 4.42 Å². The normalized spacial score (nSPS) is 12.0. The first-order valence-electron chi connectivity index (χ1n) is 7.55. The van der Waals surface area contributed by atoms with E-state index < -0.39 is 6.04 Å². The zero-order chi connectivity index (χ0) is 16.8. The molecule has 122 valence electrons. The first-order chi connectivity index (χ1) is 11.0. The minimum atomic E-state index is -0.589. The molecule has 0 radical (unpaired) electrons. The summed E-state index contributed by atoms with van der Waals surface area (Å²) >= 11 is 0. The summed E-state index contributed by atoms with van der Waals surface area (Å²) in [4.78, 5) is 24.1. The number of rotatable bonds is 7. The van der Waals surface area contributed by atoms with Gasteiger partial charge in [0, 0.05) is 18.4 Å². The molecule has 2 aromatic rings. The number of carbonyl (C=O) groups excluding carboxylic acids is 2. The van der Waals surface area contributed by atoms with Gasteiger partial charge in [0.05, 0.1) is 12.9 Å². The molecule has 5 nitrogen and oxygen atoms in total. The predicted octanol–water partition coefficient (Wildman–Crippen LogP) is 2.71. The number of aliphatic hydroxyl groups excluding tert-OH is 1. The molecule has 2 rings (SSSR count). The highest BCUT2D eigenvalue weighted by Gasteiger charge is 2.17. The fourth-order valence-corrected chi connectivity index (χ4v) is 2.25. The van der Waals surface area contributed by atoms with E-state index in [1.165, 1.54) is 6.26 Å². The van der Waals surface area contributed by atoms with Gasteiger partial charge in [-0.3, -0.25) is 9.59 Å². The summed E-state index contributed by atoms with van der Waals surface area (Å²) < 4.78 is 5.17. The molecule has 23 heavy (non-hydrogen) atoms. The van der Waals surface area contributed by atoms with Crippen molar-refractivity contribution in [1.82, 2.24) is 5.32 Å². The summed E-state index contributed by atoms with van der Waals surface area (Å²) in [6.45, 7) is 3.68. The maximum Gasteiger partial charge on any atom is 0.221 e. The standard InChI is InChI=1S/C18H21NO4/c1-12-5-6-14(10-13(12)2)16(21)7-8-18(22)19-15(11-20)17-4-3-9-23-17/h3-6,9-10,15,20H,7-8,11H2,1-2H3,(H,19,22). The monoisotopic (exact) mass is 315 g/mol. The molecule has 5 heteroatoms. The van der Waals surface area contributed by atoms with Crippen LogP contribution < -0.4 is 5.32 Å². The molecule has 0 saturated carbocycles. The molecule has 0 saturated heterocycles. The van der Waals surface area contributed by atoms with E-state index in [1.54, 1.807) is 18.2 Å². The zero-order valence-corrected chi connectivity index (χ0v) is 13.3. The SMILES string of the molecule is Cc1ccc(C(=O)CCC(=O)NC(CO)c2ccco2)cc1C. The Morgan fingerprint density at radius 2 is 1.96 bits per heavy atom. The molecule has 1 atom stereocenters. The van der Waals surface area contributed by atoms with Crippen LogP contribution in [0.2, 0.25) is 0 Å². The number of aliphatic hydroxyl groups is 1. The van der Waals surface area contributed by atoms with Gasteiger partial charge in [-0.25, -0.2) is 0 Å². The van der Waals surface area contributed by atoms with Crippen LogP contribution in [0.5, 0.6) is 0 Å². The van der Waals surface area contributed by atoms with Crippen LogP contribution in [0.3, 0.4) is 0 Å². The minimum Gasteiger partial charge on any atom is -0.467 e. The van der Waals surface area contributed by atoms with Crippen LogP contribution in [0.15, 0.2) is 41.0 Å². The van der Waals surface area contributed by atoms with Gasteiger partial charge in [0.2, 0.25) is 5.91 Å². The molecule has 0 fully saturated rings. The van der Waals surface area contributed by atoms with Crippen molar-refractivity contribution in [3.05, 3.63) is 59.0 Å². The van der Waals surface area contributed by atoms with Gasteiger partial charge in [0.25, 0.3) is 0 Å². The van der Waals surface area contributed by atoms with Gasteiger partial charge in [0.1, 0.15) is 11.8 Å². The number of furan rings is 1. The lowest BCUT2D eigenvalue weighted by Crippen LogP contribution is -2.30. The van der Waals surface area contributed by atoms with Crippen molar-refractivity contribution >= 4 is 11.7 Å². The van der Waals surface area contributed by atoms with Gasteiger partial charge in [-0.15, -0.1) is 0 Å². The van der Waals surface area contributed by atoms with Crippen molar-refractivity contribution in [2.75, 3.05) is 6.61 Å². The van der Waals surface area contributed by atoms with Crippen LogP contribution in [0.1, 0.15) is 46.1 Å². The van der Waals surface area contributed by atoms with Gasteiger partial charge in [-0.2, -0.15) is 0 Å². The average Bonchev–Trinajstić information content (AvgIpc) is 3.07. The molecule has 1 aromatic carbocycles. The molecular formula is C18H21NO4. The third-order valence-electron chi connectivity index (χ3n) is 3.81. The molecule has 1 heterocycles. The largest absolute Gasteiger partial charge is 0.467 e. The molecule has 1 aromatic heterocycles. The molecular weight excluding hydrogens is 294 g/mol. The van der Waals surface area contributed by atoms with Crippen molar-refractivity contribution in [1.29, 1.82) is 0 Å². The van der Waals surface area contributed by atoms with E-state index in [1.807, 2.05) is 26.0 Å². The van der Waals surface area contributed by atoms with Crippen LogP contribution in [0, 0.1) is 13.8 Å². The smallest absolute Gasteiger partial charge is 0.221 e. The minimum absolute atomic E-state index is 0.0678. The van der Waals surface area contributed by atoms with Gasteiger partial charge >= 0.3 is 0 Å². The molecule has 0 spiro atoms. The fourth-order valence-electron chi connectivity index (χ4n) is 2.25. The molecule has 1 amide bonds. The van der Waals surface area contributed by atoms with Crippen LogP contribution in [0.25, 0.3) is 0 Å². The van der Waals surface area contributed by atoms with Crippen LogP contribution in [-0.2, 0) is 4.79 Å². The van der Waals surface area contributed by atoms with E-state index in [9.17, 15) is 14.7 Å². The van der Waals surface area contributed by atoms with Crippen molar-refractivity contribution in [3.8, 4) is 0 Å². The molecule has 0 aliphatic heterocycles. The maximum absolute atomic E-state index is 12.1. The lowest BCUT2D eigenvalue weighted by atomic mass is 10.0. The molecule has 1 unspecified atom stereocenters. The number of carbonyl (C=O) groups is 2. The Morgan fingerprint density at radius 3 is 2.57 bits per heavy atom. The molecule has 0 bridgehead atoms. The third-order valence-corrected chi connectivity index (χ3v) is 3.81. The van der Waals surface area contributed by atoms with E-state index in [0.29, 0.717) is 11.3 Å². The van der Waals surface area contributed by atoms with Gasteiger partial charge in [-0.05, 0) is 43.2 Å². The van der Waals surface area contributed by atoms with E-state index >= 15 is 0 Å². The van der Waals surface area contributed by atoms with Crippen molar-refractivity contribution in [2.45, 2.75) is 32.7 Å². The Morgan fingerprint density at radius 1 is 1.17 bits per heavy atom. The van der Waals surface area contributed by atoms with E-state index in [-0.39, 0.29) is 31.1 Å². The van der Waals surface area contributed by atoms with Gasteiger partial charge in [-0.1, -0.05) is 12.1 Å². The van der Waals surface area contributed by atoms with Gasteiger partial charge < -0.3 is 14.8 Å². The summed E-state index contributed by atoms with van der Waals surface area (Å²) in [6.07, 6.45) is 1.68. The van der Waals surface area contributed by atoms with E-state index in [0.717, 1.165) is 11.1 Å². The number of amides is 1. The summed E-state index contributed by atoms with van der Waals surface area (Å²) in [5.74, 6) is 0.126. The lowest BCUT2D eigenvalue weighted by Gasteiger charge is -2.13. The third kappa shape index (κ3) is 4.53. The number of benzene rings is 1. The summed E-state index contributed by atoms with van der Waals surface area (Å²) in [7, 11) is 0. The first-order valence-corrected chi connectivity index (χ1v) is 7.55. The predicted molar refractivity (Wildman–Crippen MR) is 86.2 cm³/mol. The van der Waals surface area contributed by atoms with Gasteiger partial charge in [0.15, 0.2) is 5.78 Å². The maximum atomic E-state index is 12.1. The highest BCUT2D eigenvalue weighted by molar-refractivity contribution is 5.98. The number of hydrogen-bond donors (Lipinski definition) is 2. The number of aryl methyl sites for hydroxylation is 2. The van der Waals surface area contributed by atoms with Crippen LogP contribution in [-0.4, -0.2) is 23.4 Å². The van der Waals surface area contributed by atoms with Crippen molar-refractivity contribution in [3.63, 3.8) is 0 Å². The Hall–Kier alpha value is -2.40. The highest BCUT2D eigenvalue weighted by atomic mass is 16.3. The lowest BCUT2D eigenvalue weighted by molar-refractivity contribution is -0.122. The van der Waals surface area contributed by atoms with E-state index in [2.05, 4.69) is 5.32 Å². The Bertz CT molecular complexity index is 676. The molecule has 0 aliphatic rings. The topological polar surface area (TPSA) is 79.5 Å².